The molecule has 0 amide bonds. The fourth-order valence-electron chi connectivity index (χ4n) is 1.98. The molecule has 1 atom stereocenters. The lowest BCUT2D eigenvalue weighted by molar-refractivity contribution is -0.385. The van der Waals surface area contributed by atoms with Crippen LogP contribution < -0.4 is 5.32 Å². The number of halogens is 1. The highest BCUT2D eigenvalue weighted by molar-refractivity contribution is 9.10. The van der Waals surface area contributed by atoms with Crippen molar-refractivity contribution in [1.29, 1.82) is 0 Å². The first-order valence-electron chi connectivity index (χ1n) is 6.31. The molecule has 1 aromatic carbocycles. The molecule has 106 valence electrons. The van der Waals surface area contributed by atoms with E-state index >= 15 is 0 Å². The maximum atomic E-state index is 10.9. The van der Waals surface area contributed by atoms with Crippen LogP contribution in [-0.2, 0) is 6.54 Å². The summed E-state index contributed by atoms with van der Waals surface area (Å²) in [5.41, 5.74) is 1.02. The van der Waals surface area contributed by atoms with Gasteiger partial charge in [0.25, 0.3) is 5.69 Å². The Labute approximate surface area is 130 Å². The van der Waals surface area contributed by atoms with Crippen LogP contribution >= 0.6 is 27.3 Å². The van der Waals surface area contributed by atoms with E-state index in [2.05, 4.69) is 39.6 Å². The Morgan fingerprint density at radius 1 is 1.45 bits per heavy atom. The fraction of sp³-hybridized carbons (Fsp3) is 0.286. The Kier molecular flexibility index (Phi) is 5.28. The highest BCUT2D eigenvalue weighted by Crippen LogP contribution is 2.26. The van der Waals surface area contributed by atoms with Crippen molar-refractivity contribution < 1.29 is 4.92 Å². The van der Waals surface area contributed by atoms with Crippen molar-refractivity contribution in [3.05, 3.63) is 60.7 Å². The van der Waals surface area contributed by atoms with Gasteiger partial charge in [-0.05, 0) is 45.4 Å². The number of nitrogens with one attached hydrogen (secondary N) is 1. The Bertz CT molecular complexity index is 587. The predicted molar refractivity (Wildman–Crippen MR) is 85.0 cm³/mol. The van der Waals surface area contributed by atoms with E-state index in [1.165, 1.54) is 4.88 Å². The number of nitrogens with zero attached hydrogens (tertiary/aromatic N) is 1. The lowest BCUT2D eigenvalue weighted by Gasteiger charge is -2.15. The molecule has 4 nitrogen and oxygen atoms in total. The van der Waals surface area contributed by atoms with Crippen LogP contribution in [0.5, 0.6) is 0 Å². The van der Waals surface area contributed by atoms with E-state index in [4.69, 9.17) is 0 Å². The molecule has 0 saturated heterocycles. The number of hydrogen-bond acceptors (Lipinski definition) is 4. The summed E-state index contributed by atoms with van der Waals surface area (Å²) in [6.07, 6.45) is 0.985. The van der Waals surface area contributed by atoms with E-state index in [0.717, 1.165) is 12.0 Å². The second-order valence-electron chi connectivity index (χ2n) is 4.40. The quantitative estimate of drug-likeness (QED) is 0.606. The van der Waals surface area contributed by atoms with E-state index in [0.29, 0.717) is 11.0 Å². The van der Waals surface area contributed by atoms with Gasteiger partial charge in [-0.1, -0.05) is 19.1 Å². The Balaban J connectivity index is 2.07. The average molecular weight is 355 g/mol. The zero-order valence-electron chi connectivity index (χ0n) is 11.0. The lowest BCUT2D eigenvalue weighted by Crippen LogP contribution is -2.19. The molecule has 1 aromatic heterocycles. The Hall–Kier alpha value is -1.24. The Morgan fingerprint density at radius 3 is 2.85 bits per heavy atom. The summed E-state index contributed by atoms with van der Waals surface area (Å²) in [5.74, 6) is 0. The van der Waals surface area contributed by atoms with E-state index in [1.807, 2.05) is 12.1 Å². The normalized spacial score (nSPS) is 12.3. The number of thiophene rings is 1. The van der Waals surface area contributed by atoms with Gasteiger partial charge in [-0.2, -0.15) is 0 Å². The van der Waals surface area contributed by atoms with Crippen LogP contribution in [0.15, 0.2) is 40.2 Å². The third kappa shape index (κ3) is 3.65. The second kappa shape index (κ2) is 6.97. The van der Waals surface area contributed by atoms with Crippen LogP contribution in [0.1, 0.15) is 29.8 Å². The monoisotopic (exact) mass is 354 g/mol. The molecule has 0 saturated carbocycles. The minimum Gasteiger partial charge on any atom is -0.305 e. The molecular weight excluding hydrogens is 340 g/mol. The van der Waals surface area contributed by atoms with Crippen LogP contribution in [0.3, 0.4) is 0 Å². The first-order valence-corrected chi connectivity index (χ1v) is 7.98. The number of nitro groups is 1. The summed E-state index contributed by atoms with van der Waals surface area (Å²) < 4.78 is 0.511. The number of nitro benzene ring substituents is 1. The van der Waals surface area contributed by atoms with Gasteiger partial charge >= 0.3 is 0 Å². The van der Waals surface area contributed by atoms with Gasteiger partial charge < -0.3 is 5.32 Å². The van der Waals surface area contributed by atoms with Crippen molar-refractivity contribution in [2.45, 2.75) is 25.9 Å². The van der Waals surface area contributed by atoms with Gasteiger partial charge in [0.2, 0.25) is 0 Å². The van der Waals surface area contributed by atoms with Crippen LogP contribution in [0, 0.1) is 10.1 Å². The summed E-state index contributed by atoms with van der Waals surface area (Å²) in [4.78, 5) is 11.8. The highest BCUT2D eigenvalue weighted by Gasteiger charge is 2.14. The van der Waals surface area contributed by atoms with E-state index in [9.17, 15) is 10.1 Å². The third-order valence-corrected chi connectivity index (χ3v) is 4.71. The third-order valence-electron chi connectivity index (χ3n) is 3.05. The number of rotatable bonds is 6. The summed E-state index contributed by atoms with van der Waals surface area (Å²) in [6.45, 7) is 2.74. The fourth-order valence-corrected chi connectivity index (χ4v) is 3.26. The minimum atomic E-state index is -0.371. The zero-order valence-corrected chi connectivity index (χ0v) is 13.4. The molecule has 20 heavy (non-hydrogen) atoms. The van der Waals surface area contributed by atoms with E-state index in [-0.39, 0.29) is 16.7 Å². The van der Waals surface area contributed by atoms with E-state index in [1.54, 1.807) is 23.5 Å². The van der Waals surface area contributed by atoms with Crippen molar-refractivity contribution >= 4 is 33.0 Å². The first-order chi connectivity index (χ1) is 9.61. The largest absolute Gasteiger partial charge is 0.305 e. The maximum Gasteiger partial charge on any atom is 0.283 e. The standard InChI is InChI=1S/C14H15BrN2O2S/c1-2-12(14-4-3-7-20-14)16-9-10-5-6-11(15)13(8-10)17(18)19/h3-8,12,16H,2,9H2,1H3. The summed E-state index contributed by atoms with van der Waals surface area (Å²) in [5, 5.41) is 16.4. The molecule has 1 unspecified atom stereocenters. The minimum absolute atomic E-state index is 0.105. The van der Waals surface area contributed by atoms with Gasteiger partial charge in [0.05, 0.1) is 9.40 Å². The van der Waals surface area contributed by atoms with Crippen molar-refractivity contribution in [2.75, 3.05) is 0 Å². The topological polar surface area (TPSA) is 55.2 Å². The van der Waals surface area contributed by atoms with Crippen LogP contribution in [0.25, 0.3) is 0 Å². The predicted octanol–water partition coefficient (Wildman–Crippen LogP) is 4.66. The van der Waals surface area contributed by atoms with Crippen molar-refractivity contribution in [2.24, 2.45) is 0 Å². The lowest BCUT2D eigenvalue weighted by atomic mass is 10.1. The molecule has 0 radical (unpaired) electrons. The molecular formula is C14H15BrN2O2S. The highest BCUT2D eigenvalue weighted by atomic mass is 79.9. The van der Waals surface area contributed by atoms with Crippen molar-refractivity contribution in [3.8, 4) is 0 Å². The maximum absolute atomic E-state index is 10.9. The SMILES string of the molecule is CCC(NCc1ccc(Br)c([N+](=O)[O-])c1)c1cccs1. The molecule has 2 rings (SSSR count). The number of hydrogen-bond donors (Lipinski definition) is 1. The smallest absolute Gasteiger partial charge is 0.283 e. The number of benzene rings is 1. The molecule has 0 bridgehead atoms. The molecule has 0 aliphatic carbocycles. The molecule has 0 aliphatic heterocycles. The summed E-state index contributed by atoms with van der Waals surface area (Å²) >= 11 is 4.92. The molecule has 0 aliphatic rings. The molecule has 0 fully saturated rings. The van der Waals surface area contributed by atoms with Crippen LogP contribution in [0.4, 0.5) is 5.69 Å². The molecule has 1 N–H and O–H groups in total. The van der Waals surface area contributed by atoms with Gasteiger partial charge in [0, 0.05) is 23.5 Å². The molecule has 6 heteroatoms. The Morgan fingerprint density at radius 2 is 2.25 bits per heavy atom. The molecule has 0 spiro atoms. The van der Waals surface area contributed by atoms with Gasteiger partial charge in [-0.3, -0.25) is 10.1 Å². The molecule has 1 heterocycles. The summed E-state index contributed by atoms with van der Waals surface area (Å²) in [7, 11) is 0. The zero-order chi connectivity index (χ0) is 14.5. The van der Waals surface area contributed by atoms with Crippen LogP contribution in [0.2, 0.25) is 0 Å². The van der Waals surface area contributed by atoms with Gasteiger partial charge in [0.15, 0.2) is 0 Å². The summed E-state index contributed by atoms with van der Waals surface area (Å²) in [6, 6.07) is 9.66. The first kappa shape index (κ1) is 15.2. The van der Waals surface area contributed by atoms with Crippen molar-refractivity contribution in [3.63, 3.8) is 0 Å². The van der Waals surface area contributed by atoms with E-state index < -0.39 is 0 Å². The molecule has 2 aromatic rings. The van der Waals surface area contributed by atoms with Crippen LogP contribution in [-0.4, -0.2) is 4.92 Å². The second-order valence-corrected chi connectivity index (χ2v) is 6.23. The van der Waals surface area contributed by atoms with Gasteiger partial charge in [-0.25, -0.2) is 0 Å². The van der Waals surface area contributed by atoms with Gasteiger partial charge in [-0.15, -0.1) is 11.3 Å². The van der Waals surface area contributed by atoms with Gasteiger partial charge in [0.1, 0.15) is 0 Å². The average Bonchev–Trinajstić information content (AvgIpc) is 2.95. The van der Waals surface area contributed by atoms with Crippen molar-refractivity contribution in [1.82, 2.24) is 5.32 Å².